The van der Waals surface area contributed by atoms with Crippen molar-refractivity contribution in [3.05, 3.63) is 0 Å². The monoisotopic (exact) mass is 287 g/mol. The van der Waals surface area contributed by atoms with Crippen LogP contribution < -0.4 is 0 Å². The highest BCUT2D eigenvalue weighted by Gasteiger charge is 2.36. The molecular formula is C12H21N3O3S. The fourth-order valence-electron chi connectivity index (χ4n) is 2.77. The minimum atomic E-state index is -3.49. The van der Waals surface area contributed by atoms with E-state index in [0.29, 0.717) is 26.1 Å². The third-order valence-corrected chi connectivity index (χ3v) is 5.85. The Hall–Kier alpha value is -0.750. The molecule has 2 fully saturated rings. The van der Waals surface area contributed by atoms with Crippen LogP contribution in [0.15, 0.2) is 4.99 Å². The smallest absolute Gasteiger partial charge is 0.211 e. The second kappa shape index (κ2) is 6.61. The minimum absolute atomic E-state index is 0.453. The molecule has 2 saturated heterocycles. The maximum Gasteiger partial charge on any atom is 0.283 e. The van der Waals surface area contributed by atoms with Crippen LogP contribution in [0.25, 0.3) is 0 Å². The Morgan fingerprint density at radius 3 is 2.21 bits per heavy atom. The van der Waals surface area contributed by atoms with Crippen LogP contribution >= 0.6 is 0 Å². The highest BCUT2D eigenvalue weighted by molar-refractivity contribution is 7.86. The Morgan fingerprint density at radius 1 is 0.947 bits per heavy atom. The summed E-state index contributed by atoms with van der Waals surface area (Å²) in [5.74, 6) is 0. The van der Waals surface area contributed by atoms with Gasteiger partial charge in [0.15, 0.2) is 0 Å². The zero-order valence-corrected chi connectivity index (χ0v) is 11.9. The van der Waals surface area contributed by atoms with Gasteiger partial charge in [-0.2, -0.15) is 22.0 Å². The molecule has 0 bridgehead atoms. The van der Waals surface area contributed by atoms with Gasteiger partial charge >= 0.3 is 0 Å². The zero-order valence-electron chi connectivity index (χ0n) is 11.1. The summed E-state index contributed by atoms with van der Waals surface area (Å²) in [5.41, 5.74) is 0. The minimum Gasteiger partial charge on any atom is -0.211 e. The molecule has 0 aromatic rings. The zero-order chi connectivity index (χ0) is 13.7. The van der Waals surface area contributed by atoms with Crippen molar-refractivity contribution >= 4 is 16.3 Å². The van der Waals surface area contributed by atoms with Crippen molar-refractivity contribution in [1.29, 1.82) is 0 Å². The van der Waals surface area contributed by atoms with E-state index in [2.05, 4.69) is 4.99 Å². The summed E-state index contributed by atoms with van der Waals surface area (Å²) in [5, 5.41) is 0. The van der Waals surface area contributed by atoms with Crippen LogP contribution in [-0.4, -0.2) is 48.9 Å². The molecule has 2 aliphatic rings. The predicted molar refractivity (Wildman–Crippen MR) is 71.4 cm³/mol. The molecule has 0 aliphatic carbocycles. The summed E-state index contributed by atoms with van der Waals surface area (Å²) >= 11 is 0. The normalized spacial score (nSPS) is 27.5. The molecule has 0 amide bonds. The largest absolute Gasteiger partial charge is 0.283 e. The van der Waals surface area contributed by atoms with E-state index in [1.54, 1.807) is 4.31 Å². The summed E-state index contributed by atoms with van der Waals surface area (Å²) in [4.78, 5) is 14.1. The average molecular weight is 287 g/mol. The Kier molecular flexibility index (Phi) is 5.10. The van der Waals surface area contributed by atoms with Crippen LogP contribution in [0.3, 0.4) is 0 Å². The lowest BCUT2D eigenvalue weighted by Crippen LogP contribution is -2.50. The second-order valence-corrected chi connectivity index (χ2v) is 7.01. The Morgan fingerprint density at radius 2 is 1.58 bits per heavy atom. The van der Waals surface area contributed by atoms with Gasteiger partial charge in [-0.3, -0.25) is 0 Å². The van der Waals surface area contributed by atoms with Crippen molar-refractivity contribution in [1.82, 2.24) is 8.61 Å². The molecule has 0 aromatic carbocycles. The maximum absolute atomic E-state index is 12.6. The van der Waals surface area contributed by atoms with Crippen molar-refractivity contribution in [2.75, 3.05) is 19.6 Å². The topological polar surface area (TPSA) is 70.0 Å². The first-order chi connectivity index (χ1) is 9.16. The molecule has 0 N–H and O–H groups in total. The molecule has 7 heteroatoms. The van der Waals surface area contributed by atoms with Gasteiger partial charge in [0.25, 0.3) is 10.2 Å². The van der Waals surface area contributed by atoms with Crippen LogP contribution in [0.1, 0.15) is 44.9 Å². The van der Waals surface area contributed by atoms with Crippen LogP contribution in [0, 0.1) is 0 Å². The van der Waals surface area contributed by atoms with Gasteiger partial charge < -0.3 is 0 Å². The number of isocyanates is 1. The Bertz CT molecular complexity index is 437. The second-order valence-electron chi connectivity index (χ2n) is 5.13. The van der Waals surface area contributed by atoms with Crippen molar-refractivity contribution in [2.45, 2.75) is 51.1 Å². The lowest BCUT2D eigenvalue weighted by atomic mass is 10.1. The number of rotatable bonds is 3. The van der Waals surface area contributed by atoms with E-state index in [-0.39, 0.29) is 0 Å². The SMILES string of the molecule is O=C=NC1CCCCN1S(=O)(=O)N1CCCCCC1. The number of nitrogens with zero attached hydrogens (tertiary/aromatic N) is 3. The van der Waals surface area contributed by atoms with Gasteiger partial charge in [-0.1, -0.05) is 12.8 Å². The van der Waals surface area contributed by atoms with Gasteiger partial charge in [-0.05, 0) is 32.1 Å². The lowest BCUT2D eigenvalue weighted by Gasteiger charge is -2.35. The van der Waals surface area contributed by atoms with E-state index in [1.807, 2.05) is 0 Å². The van der Waals surface area contributed by atoms with Crippen LogP contribution in [0.5, 0.6) is 0 Å². The summed E-state index contributed by atoms with van der Waals surface area (Å²) in [6.07, 6.45) is 7.29. The van der Waals surface area contributed by atoms with Gasteiger partial charge in [0.05, 0.1) is 0 Å². The van der Waals surface area contributed by atoms with Crippen molar-refractivity contribution < 1.29 is 13.2 Å². The highest BCUT2D eigenvalue weighted by Crippen LogP contribution is 2.25. The molecule has 0 aromatic heterocycles. The predicted octanol–water partition coefficient (Wildman–Crippen LogP) is 1.25. The highest BCUT2D eigenvalue weighted by atomic mass is 32.2. The van der Waals surface area contributed by atoms with E-state index in [4.69, 9.17) is 0 Å². The standard InChI is InChI=1S/C12H21N3O3S/c16-11-13-12-7-3-6-10-15(12)19(17,18)14-8-4-1-2-5-9-14/h12H,1-10H2. The molecule has 1 atom stereocenters. The van der Waals surface area contributed by atoms with Crippen LogP contribution in [-0.2, 0) is 15.0 Å². The molecule has 19 heavy (non-hydrogen) atoms. The van der Waals surface area contributed by atoms with E-state index in [9.17, 15) is 13.2 Å². The summed E-state index contributed by atoms with van der Waals surface area (Å²) in [7, 11) is -3.49. The van der Waals surface area contributed by atoms with Crippen molar-refractivity contribution in [2.24, 2.45) is 4.99 Å². The van der Waals surface area contributed by atoms with Gasteiger partial charge in [0.1, 0.15) is 6.17 Å². The molecule has 1 unspecified atom stereocenters. The average Bonchev–Trinajstić information content (AvgIpc) is 2.69. The summed E-state index contributed by atoms with van der Waals surface area (Å²) < 4.78 is 28.2. The molecule has 108 valence electrons. The summed E-state index contributed by atoms with van der Waals surface area (Å²) in [6, 6.07) is 0. The molecular weight excluding hydrogens is 266 g/mol. The Balaban J connectivity index is 2.17. The third kappa shape index (κ3) is 3.42. The molecule has 2 rings (SSSR count). The summed E-state index contributed by atoms with van der Waals surface area (Å²) in [6.45, 7) is 1.61. The van der Waals surface area contributed by atoms with Gasteiger partial charge in [-0.25, -0.2) is 4.79 Å². The van der Waals surface area contributed by atoms with Gasteiger partial charge in [-0.15, -0.1) is 0 Å². The first-order valence-electron chi connectivity index (χ1n) is 7.00. The van der Waals surface area contributed by atoms with Crippen LogP contribution in [0.4, 0.5) is 0 Å². The Labute approximate surface area is 114 Å². The maximum atomic E-state index is 12.6. The number of piperidine rings is 1. The number of carbonyl (C=O) groups excluding carboxylic acids is 1. The van der Waals surface area contributed by atoms with Crippen LogP contribution in [0.2, 0.25) is 0 Å². The van der Waals surface area contributed by atoms with E-state index in [0.717, 1.165) is 38.5 Å². The molecule has 0 radical (unpaired) electrons. The molecule has 6 nitrogen and oxygen atoms in total. The lowest BCUT2D eigenvalue weighted by molar-refractivity contribution is 0.237. The van der Waals surface area contributed by atoms with E-state index >= 15 is 0 Å². The van der Waals surface area contributed by atoms with Gasteiger partial charge in [0.2, 0.25) is 6.08 Å². The van der Waals surface area contributed by atoms with E-state index < -0.39 is 16.4 Å². The fourth-order valence-corrected chi connectivity index (χ4v) is 4.60. The first-order valence-corrected chi connectivity index (χ1v) is 8.40. The van der Waals surface area contributed by atoms with Crippen molar-refractivity contribution in [3.8, 4) is 0 Å². The first kappa shape index (κ1) is 14.7. The molecule has 2 aliphatic heterocycles. The van der Waals surface area contributed by atoms with E-state index in [1.165, 1.54) is 10.4 Å². The van der Waals surface area contributed by atoms with Gasteiger partial charge in [0, 0.05) is 19.6 Å². The molecule has 0 spiro atoms. The molecule has 0 saturated carbocycles. The quantitative estimate of drug-likeness (QED) is 0.579. The fraction of sp³-hybridized carbons (Fsp3) is 0.917. The number of hydrogen-bond acceptors (Lipinski definition) is 4. The molecule has 2 heterocycles. The number of aliphatic imine (C=N–C) groups is 1. The number of hydrogen-bond donors (Lipinski definition) is 0. The van der Waals surface area contributed by atoms with Crippen molar-refractivity contribution in [3.63, 3.8) is 0 Å². The third-order valence-electron chi connectivity index (χ3n) is 3.81.